The summed E-state index contributed by atoms with van der Waals surface area (Å²) in [4.78, 5) is 29.1. The second-order valence-electron chi connectivity index (χ2n) is 9.81. The van der Waals surface area contributed by atoms with Gasteiger partial charge in [-0.15, -0.1) is 0 Å². The summed E-state index contributed by atoms with van der Waals surface area (Å²) in [7, 11) is -3.96. The molecule has 0 aliphatic carbocycles. The maximum absolute atomic E-state index is 14.9. The van der Waals surface area contributed by atoms with Gasteiger partial charge >= 0.3 is 0 Å². The molecule has 2 atom stereocenters. The summed E-state index contributed by atoms with van der Waals surface area (Å²) in [6, 6.07) is 20.5. The number of halogens is 1. The molecule has 3 rings (SSSR count). The molecule has 3 aromatic carbocycles. The van der Waals surface area contributed by atoms with E-state index in [0.29, 0.717) is 12.2 Å². The molecule has 10 heteroatoms. The zero-order valence-electron chi connectivity index (χ0n) is 23.9. The molecule has 2 amide bonds. The van der Waals surface area contributed by atoms with Crippen LogP contribution in [0.1, 0.15) is 38.3 Å². The third-order valence-corrected chi connectivity index (χ3v) is 7.81. The van der Waals surface area contributed by atoms with Gasteiger partial charge in [-0.3, -0.25) is 13.9 Å². The molecule has 0 aromatic heterocycles. The highest BCUT2D eigenvalue weighted by Crippen LogP contribution is 2.30. The van der Waals surface area contributed by atoms with Gasteiger partial charge in [-0.2, -0.15) is 0 Å². The molecule has 3 aromatic rings. The molecule has 0 saturated carbocycles. The first kappa shape index (κ1) is 31.6. The van der Waals surface area contributed by atoms with Crippen molar-refractivity contribution in [1.29, 1.82) is 0 Å². The van der Waals surface area contributed by atoms with Crippen LogP contribution < -0.4 is 14.4 Å². The molecule has 0 saturated heterocycles. The normalized spacial score (nSPS) is 12.7. The van der Waals surface area contributed by atoms with Gasteiger partial charge in [-0.05, 0) is 44.0 Å². The number of amides is 2. The first-order valence-corrected chi connectivity index (χ1v) is 15.5. The third-order valence-electron chi connectivity index (χ3n) is 6.68. The Morgan fingerprint density at radius 1 is 0.951 bits per heavy atom. The van der Waals surface area contributed by atoms with E-state index >= 15 is 0 Å². The van der Waals surface area contributed by atoms with Gasteiger partial charge in [0.2, 0.25) is 21.8 Å². The van der Waals surface area contributed by atoms with E-state index in [9.17, 15) is 22.4 Å². The van der Waals surface area contributed by atoms with E-state index in [2.05, 4.69) is 5.32 Å². The molecule has 0 aliphatic rings. The molecule has 0 aliphatic heterocycles. The molecule has 0 radical (unpaired) electrons. The Morgan fingerprint density at radius 2 is 1.59 bits per heavy atom. The van der Waals surface area contributed by atoms with Crippen molar-refractivity contribution in [3.8, 4) is 5.75 Å². The molecule has 220 valence electrons. The number of para-hydroxylation sites is 2. The van der Waals surface area contributed by atoms with Crippen molar-refractivity contribution in [2.45, 2.75) is 52.2 Å². The number of ether oxygens (including phenoxy) is 1. The number of sulfonamides is 1. The van der Waals surface area contributed by atoms with Crippen molar-refractivity contribution in [3.63, 3.8) is 0 Å². The Bertz CT molecular complexity index is 1420. The third kappa shape index (κ3) is 8.78. The molecule has 1 N–H and O–H groups in total. The average Bonchev–Trinajstić information content (AvgIpc) is 2.95. The number of benzene rings is 3. The lowest BCUT2D eigenvalue weighted by Gasteiger charge is -2.34. The second kappa shape index (κ2) is 14.6. The zero-order chi connectivity index (χ0) is 30.0. The Morgan fingerprint density at radius 3 is 2.22 bits per heavy atom. The maximum atomic E-state index is 14.9. The first-order valence-electron chi connectivity index (χ1n) is 13.6. The van der Waals surface area contributed by atoms with Crippen molar-refractivity contribution in [3.05, 3.63) is 95.8 Å². The SMILES string of the molecule is CCOc1ccccc1N(CC(=O)N(Cc1ccccc1F)[C@@H](Cc1ccccc1)C(=O)N[C@@H](C)CC)S(C)(=O)=O. The fourth-order valence-electron chi connectivity index (χ4n) is 4.34. The molecule has 0 fully saturated rings. The van der Waals surface area contributed by atoms with Crippen LogP contribution in [-0.2, 0) is 32.6 Å². The van der Waals surface area contributed by atoms with Crippen LogP contribution in [0.15, 0.2) is 78.9 Å². The van der Waals surface area contributed by atoms with Crippen LogP contribution in [0.2, 0.25) is 0 Å². The van der Waals surface area contributed by atoms with Crippen LogP contribution in [0.25, 0.3) is 0 Å². The molecule has 8 nitrogen and oxygen atoms in total. The smallest absolute Gasteiger partial charge is 0.244 e. The molecule has 0 bridgehead atoms. The Balaban J connectivity index is 2.09. The monoisotopic (exact) mass is 583 g/mol. The minimum absolute atomic E-state index is 0.151. The quantitative estimate of drug-likeness (QED) is 0.301. The zero-order valence-corrected chi connectivity index (χ0v) is 24.7. The number of carbonyl (C=O) groups excluding carboxylic acids is 2. The van der Waals surface area contributed by atoms with Gasteiger partial charge in [0.25, 0.3) is 0 Å². The first-order chi connectivity index (χ1) is 19.5. The molecule has 41 heavy (non-hydrogen) atoms. The van der Waals surface area contributed by atoms with Gasteiger partial charge in [0.05, 0.1) is 18.6 Å². The number of carbonyl (C=O) groups is 2. The van der Waals surface area contributed by atoms with Crippen LogP contribution in [0.4, 0.5) is 10.1 Å². The van der Waals surface area contributed by atoms with Gasteiger partial charge in [-0.25, -0.2) is 12.8 Å². The number of rotatable bonds is 14. The van der Waals surface area contributed by atoms with E-state index in [4.69, 9.17) is 4.74 Å². The van der Waals surface area contributed by atoms with Crippen LogP contribution in [0, 0.1) is 5.82 Å². The average molecular weight is 584 g/mol. The van der Waals surface area contributed by atoms with Gasteiger partial charge in [-0.1, -0.05) is 67.6 Å². The highest BCUT2D eigenvalue weighted by molar-refractivity contribution is 7.92. The van der Waals surface area contributed by atoms with Crippen molar-refractivity contribution in [2.24, 2.45) is 0 Å². The van der Waals surface area contributed by atoms with Crippen molar-refractivity contribution >= 4 is 27.5 Å². The Hall–Kier alpha value is -3.92. The molecular formula is C31H38FN3O5S. The van der Waals surface area contributed by atoms with Crippen molar-refractivity contribution < 1.29 is 27.1 Å². The Labute approximate surface area is 242 Å². The van der Waals surface area contributed by atoms with Crippen LogP contribution >= 0.6 is 0 Å². The predicted octanol–water partition coefficient (Wildman–Crippen LogP) is 4.55. The highest BCUT2D eigenvalue weighted by atomic mass is 32.2. The highest BCUT2D eigenvalue weighted by Gasteiger charge is 2.34. The second-order valence-corrected chi connectivity index (χ2v) is 11.7. The molecular weight excluding hydrogens is 545 g/mol. The topological polar surface area (TPSA) is 96.0 Å². The molecule has 0 spiro atoms. The molecule has 0 heterocycles. The Kier molecular flexibility index (Phi) is 11.3. The van der Waals surface area contributed by atoms with Gasteiger partial charge < -0.3 is 15.0 Å². The van der Waals surface area contributed by atoms with Crippen molar-refractivity contribution in [1.82, 2.24) is 10.2 Å². The summed E-state index contributed by atoms with van der Waals surface area (Å²) >= 11 is 0. The van der Waals surface area contributed by atoms with Crippen LogP contribution in [-0.4, -0.2) is 56.6 Å². The minimum atomic E-state index is -3.96. The van der Waals surface area contributed by atoms with Crippen LogP contribution in [0.3, 0.4) is 0 Å². The number of nitrogens with zero attached hydrogens (tertiary/aromatic N) is 2. The number of anilines is 1. The maximum Gasteiger partial charge on any atom is 0.244 e. The van der Waals surface area contributed by atoms with Crippen molar-refractivity contribution in [2.75, 3.05) is 23.7 Å². The summed E-state index contributed by atoms with van der Waals surface area (Å²) in [5.74, 6) is -1.31. The van der Waals surface area contributed by atoms with E-state index in [1.54, 1.807) is 43.3 Å². The van der Waals surface area contributed by atoms with E-state index in [1.165, 1.54) is 17.0 Å². The van der Waals surface area contributed by atoms with E-state index < -0.39 is 40.2 Å². The fourth-order valence-corrected chi connectivity index (χ4v) is 5.19. The van der Waals surface area contributed by atoms with Gasteiger partial charge in [0.1, 0.15) is 24.2 Å². The predicted molar refractivity (Wildman–Crippen MR) is 159 cm³/mol. The summed E-state index contributed by atoms with van der Waals surface area (Å²) in [6.07, 6.45) is 1.82. The summed E-state index contributed by atoms with van der Waals surface area (Å²) in [6.45, 7) is 5.00. The lowest BCUT2D eigenvalue weighted by molar-refractivity contribution is -0.140. The largest absolute Gasteiger partial charge is 0.492 e. The minimum Gasteiger partial charge on any atom is -0.492 e. The fraction of sp³-hybridized carbons (Fsp3) is 0.355. The van der Waals surface area contributed by atoms with E-state index in [-0.39, 0.29) is 36.9 Å². The number of nitrogens with one attached hydrogen (secondary N) is 1. The summed E-state index contributed by atoms with van der Waals surface area (Å²) < 4.78 is 47.5. The standard InChI is InChI=1S/C31H38FN3O5S/c1-5-23(3)33-31(37)28(20-24-14-8-7-9-15-24)34(21-25-16-10-11-17-26(25)32)30(36)22-35(41(4,38)39)27-18-12-13-19-29(27)40-6-2/h7-19,23,28H,5-6,20-22H2,1-4H3,(H,33,37)/t23-,28-/m0/s1. The van der Waals surface area contributed by atoms with Gasteiger partial charge in [0.15, 0.2) is 0 Å². The lowest BCUT2D eigenvalue weighted by atomic mass is 10.0. The van der Waals surface area contributed by atoms with E-state index in [0.717, 1.165) is 16.1 Å². The summed E-state index contributed by atoms with van der Waals surface area (Å²) in [5.41, 5.74) is 1.19. The van der Waals surface area contributed by atoms with Gasteiger partial charge in [0, 0.05) is 24.6 Å². The van der Waals surface area contributed by atoms with Crippen LogP contribution in [0.5, 0.6) is 5.75 Å². The number of hydrogen-bond donors (Lipinski definition) is 1. The lowest BCUT2D eigenvalue weighted by Crippen LogP contribution is -2.54. The molecule has 0 unspecified atom stereocenters. The number of hydrogen-bond acceptors (Lipinski definition) is 5. The van der Waals surface area contributed by atoms with E-state index in [1.807, 2.05) is 44.2 Å². The summed E-state index contributed by atoms with van der Waals surface area (Å²) in [5, 5.41) is 2.95.